The van der Waals surface area contributed by atoms with Crippen molar-refractivity contribution >= 4 is 0 Å². The van der Waals surface area contributed by atoms with Crippen LogP contribution in [-0.4, -0.2) is 17.1 Å². The van der Waals surface area contributed by atoms with E-state index in [9.17, 15) is 4.39 Å². The molecule has 0 N–H and O–H groups in total. The Bertz CT molecular complexity index is 605. The second kappa shape index (κ2) is 5.91. The third-order valence-electron chi connectivity index (χ3n) is 2.78. The van der Waals surface area contributed by atoms with E-state index < -0.39 is 5.82 Å². The SMILES string of the molecule is COc1ccc(CCc2ncnc(C#N)c2F)cc1. The number of aryl methyl sites for hydroxylation is 2. The van der Waals surface area contributed by atoms with Crippen LogP contribution in [0.5, 0.6) is 5.75 Å². The van der Waals surface area contributed by atoms with E-state index in [1.165, 1.54) is 6.33 Å². The average Bonchev–Trinajstić information content (AvgIpc) is 2.47. The fourth-order valence-electron chi connectivity index (χ4n) is 1.71. The highest BCUT2D eigenvalue weighted by Crippen LogP contribution is 2.14. The summed E-state index contributed by atoms with van der Waals surface area (Å²) in [4.78, 5) is 7.45. The molecule has 2 aromatic rings. The van der Waals surface area contributed by atoms with Crippen LogP contribution in [0.25, 0.3) is 0 Å². The van der Waals surface area contributed by atoms with Crippen LogP contribution in [-0.2, 0) is 12.8 Å². The summed E-state index contributed by atoms with van der Waals surface area (Å²) in [6.45, 7) is 0. The monoisotopic (exact) mass is 257 g/mol. The molecule has 0 saturated carbocycles. The molecule has 0 fully saturated rings. The quantitative estimate of drug-likeness (QED) is 0.843. The van der Waals surface area contributed by atoms with Crippen molar-refractivity contribution < 1.29 is 9.13 Å². The Balaban J connectivity index is 2.08. The highest BCUT2D eigenvalue weighted by Gasteiger charge is 2.10. The van der Waals surface area contributed by atoms with Crippen LogP contribution in [0, 0.1) is 17.1 Å². The van der Waals surface area contributed by atoms with E-state index in [-0.39, 0.29) is 11.4 Å². The molecule has 96 valence electrons. The summed E-state index contributed by atoms with van der Waals surface area (Å²) in [7, 11) is 1.61. The zero-order valence-corrected chi connectivity index (χ0v) is 10.4. The van der Waals surface area contributed by atoms with Gasteiger partial charge in [-0.05, 0) is 30.5 Å². The third kappa shape index (κ3) is 3.05. The van der Waals surface area contributed by atoms with E-state index in [1.807, 2.05) is 24.3 Å². The normalized spacial score (nSPS) is 9.95. The minimum Gasteiger partial charge on any atom is -0.497 e. The van der Waals surface area contributed by atoms with Gasteiger partial charge in [-0.2, -0.15) is 5.26 Å². The Morgan fingerprint density at radius 1 is 1.21 bits per heavy atom. The minimum absolute atomic E-state index is 0.209. The van der Waals surface area contributed by atoms with Gasteiger partial charge in [0, 0.05) is 0 Å². The zero-order chi connectivity index (χ0) is 13.7. The Hall–Kier alpha value is -2.48. The Kier molecular flexibility index (Phi) is 4.04. The van der Waals surface area contributed by atoms with Gasteiger partial charge in [-0.15, -0.1) is 0 Å². The molecule has 0 aliphatic carbocycles. The van der Waals surface area contributed by atoms with E-state index in [0.717, 1.165) is 11.3 Å². The molecule has 1 heterocycles. The highest BCUT2D eigenvalue weighted by atomic mass is 19.1. The van der Waals surface area contributed by atoms with Gasteiger partial charge >= 0.3 is 0 Å². The lowest BCUT2D eigenvalue weighted by molar-refractivity contribution is 0.414. The maximum absolute atomic E-state index is 13.7. The van der Waals surface area contributed by atoms with Crippen molar-refractivity contribution in [3.8, 4) is 11.8 Å². The Labute approximate surface area is 110 Å². The molecule has 0 bridgehead atoms. The minimum atomic E-state index is -0.626. The molecule has 0 aliphatic rings. The first-order valence-electron chi connectivity index (χ1n) is 5.77. The van der Waals surface area contributed by atoms with Crippen LogP contribution < -0.4 is 4.74 Å². The summed E-state index contributed by atoms with van der Waals surface area (Å²) < 4.78 is 18.8. The molecule has 0 atom stereocenters. The van der Waals surface area contributed by atoms with Gasteiger partial charge in [0.05, 0.1) is 12.8 Å². The number of methoxy groups -OCH3 is 1. The molecule has 19 heavy (non-hydrogen) atoms. The van der Waals surface area contributed by atoms with Crippen molar-refractivity contribution in [1.29, 1.82) is 5.26 Å². The first kappa shape index (κ1) is 13.0. The fraction of sp³-hybridized carbons (Fsp3) is 0.214. The number of hydrogen-bond donors (Lipinski definition) is 0. The van der Waals surface area contributed by atoms with Crippen molar-refractivity contribution in [2.45, 2.75) is 12.8 Å². The number of nitrogens with zero attached hydrogens (tertiary/aromatic N) is 3. The Morgan fingerprint density at radius 3 is 2.58 bits per heavy atom. The smallest absolute Gasteiger partial charge is 0.181 e. The number of halogens is 1. The molecule has 0 spiro atoms. The molecular weight excluding hydrogens is 245 g/mol. The van der Waals surface area contributed by atoms with Gasteiger partial charge in [0.1, 0.15) is 18.1 Å². The van der Waals surface area contributed by atoms with Gasteiger partial charge in [0.2, 0.25) is 0 Å². The van der Waals surface area contributed by atoms with Crippen LogP contribution in [0.1, 0.15) is 17.0 Å². The lowest BCUT2D eigenvalue weighted by atomic mass is 10.1. The summed E-state index contributed by atoms with van der Waals surface area (Å²) in [5, 5.41) is 8.69. The van der Waals surface area contributed by atoms with Gasteiger partial charge < -0.3 is 4.74 Å². The van der Waals surface area contributed by atoms with Crippen LogP contribution in [0.2, 0.25) is 0 Å². The standard InChI is InChI=1S/C14H12FN3O/c1-19-11-5-2-10(3-6-11)4-7-12-14(15)13(8-16)18-9-17-12/h2-3,5-6,9H,4,7H2,1H3. The van der Waals surface area contributed by atoms with Crippen molar-refractivity contribution in [1.82, 2.24) is 9.97 Å². The summed E-state index contributed by atoms with van der Waals surface area (Å²) in [5.74, 6) is 0.155. The second-order valence-corrected chi connectivity index (χ2v) is 3.94. The highest BCUT2D eigenvalue weighted by molar-refractivity contribution is 5.28. The molecule has 0 saturated heterocycles. The molecule has 0 unspecified atom stereocenters. The van der Waals surface area contributed by atoms with Gasteiger partial charge in [0.15, 0.2) is 11.5 Å². The molecular formula is C14H12FN3O. The van der Waals surface area contributed by atoms with Crippen molar-refractivity contribution in [2.24, 2.45) is 0 Å². The van der Waals surface area contributed by atoms with E-state index in [2.05, 4.69) is 9.97 Å². The van der Waals surface area contributed by atoms with Crippen molar-refractivity contribution in [3.63, 3.8) is 0 Å². The number of benzene rings is 1. The first-order valence-corrected chi connectivity index (χ1v) is 5.77. The van der Waals surface area contributed by atoms with E-state index in [0.29, 0.717) is 12.8 Å². The van der Waals surface area contributed by atoms with Crippen LogP contribution in [0.15, 0.2) is 30.6 Å². The van der Waals surface area contributed by atoms with E-state index >= 15 is 0 Å². The molecule has 1 aromatic carbocycles. The van der Waals surface area contributed by atoms with Crippen LogP contribution in [0.3, 0.4) is 0 Å². The van der Waals surface area contributed by atoms with Crippen LogP contribution >= 0.6 is 0 Å². The van der Waals surface area contributed by atoms with Gasteiger partial charge in [-0.3, -0.25) is 0 Å². The van der Waals surface area contributed by atoms with Crippen molar-refractivity contribution in [3.05, 3.63) is 53.4 Å². The van der Waals surface area contributed by atoms with Gasteiger partial charge in [-0.25, -0.2) is 14.4 Å². The van der Waals surface area contributed by atoms with E-state index in [4.69, 9.17) is 10.00 Å². The Morgan fingerprint density at radius 2 is 1.95 bits per heavy atom. The average molecular weight is 257 g/mol. The zero-order valence-electron chi connectivity index (χ0n) is 10.4. The lowest BCUT2D eigenvalue weighted by Crippen LogP contribution is -2.02. The molecule has 4 nitrogen and oxygen atoms in total. The maximum atomic E-state index is 13.7. The second-order valence-electron chi connectivity index (χ2n) is 3.94. The number of nitriles is 1. The lowest BCUT2D eigenvalue weighted by Gasteiger charge is -2.04. The molecule has 0 aliphatic heterocycles. The molecule has 2 rings (SSSR count). The molecule has 0 amide bonds. The number of aromatic nitrogens is 2. The molecule has 0 radical (unpaired) electrons. The predicted octanol–water partition coefficient (Wildman–Crippen LogP) is 2.28. The summed E-state index contributed by atoms with van der Waals surface area (Å²) in [6, 6.07) is 9.25. The third-order valence-corrected chi connectivity index (χ3v) is 2.78. The van der Waals surface area contributed by atoms with E-state index in [1.54, 1.807) is 13.2 Å². The summed E-state index contributed by atoms with van der Waals surface area (Å²) >= 11 is 0. The molecule has 1 aromatic heterocycles. The topological polar surface area (TPSA) is 58.8 Å². The number of ether oxygens (including phenoxy) is 1. The number of hydrogen-bond acceptors (Lipinski definition) is 4. The first-order chi connectivity index (χ1) is 9.24. The maximum Gasteiger partial charge on any atom is 0.181 e. The predicted molar refractivity (Wildman–Crippen MR) is 67.1 cm³/mol. The largest absolute Gasteiger partial charge is 0.497 e. The van der Waals surface area contributed by atoms with Crippen molar-refractivity contribution in [2.75, 3.05) is 7.11 Å². The van der Waals surface area contributed by atoms with Gasteiger partial charge in [-0.1, -0.05) is 12.1 Å². The fourth-order valence-corrected chi connectivity index (χ4v) is 1.71. The van der Waals surface area contributed by atoms with Crippen LogP contribution in [0.4, 0.5) is 4.39 Å². The number of rotatable bonds is 4. The van der Waals surface area contributed by atoms with Gasteiger partial charge in [0.25, 0.3) is 0 Å². The summed E-state index contributed by atoms with van der Waals surface area (Å²) in [5.41, 5.74) is 1.11. The molecule has 5 heteroatoms. The summed E-state index contributed by atoms with van der Waals surface area (Å²) in [6.07, 6.45) is 2.28.